The second-order valence-corrected chi connectivity index (χ2v) is 6.04. The first-order valence-corrected chi connectivity index (χ1v) is 8.03. The van der Waals surface area contributed by atoms with Gasteiger partial charge in [0.25, 0.3) is 0 Å². The second-order valence-electron chi connectivity index (χ2n) is 6.04. The number of hydrogen-bond donors (Lipinski definition) is 2. The van der Waals surface area contributed by atoms with Crippen LogP contribution in [0.5, 0.6) is 0 Å². The zero-order valence-electron chi connectivity index (χ0n) is 13.8. The molecule has 6 heteroatoms. The minimum Gasteiger partial charge on any atom is -0.353 e. The fourth-order valence-electron chi connectivity index (χ4n) is 2.78. The molecule has 1 aliphatic heterocycles. The van der Waals surface area contributed by atoms with Crippen LogP contribution in [-0.2, 0) is 11.3 Å². The zero-order valence-corrected chi connectivity index (χ0v) is 14.7. The van der Waals surface area contributed by atoms with Crippen molar-refractivity contribution in [1.29, 1.82) is 0 Å². The number of likely N-dealkylation sites (tertiary alicyclic amines) is 1. The molecule has 1 aromatic rings. The van der Waals surface area contributed by atoms with Crippen LogP contribution in [0.1, 0.15) is 31.7 Å². The van der Waals surface area contributed by atoms with Crippen LogP contribution in [0.25, 0.3) is 0 Å². The van der Waals surface area contributed by atoms with Crippen LogP contribution in [0.3, 0.4) is 0 Å². The highest BCUT2D eigenvalue weighted by molar-refractivity contribution is 5.85. The number of carbonyl (C=O) groups is 1. The standard InChI is InChI=1S/C17H26FN3O.ClH/c1-13(19-2)11-20-17(22)16-5-3-4-10-21(16)12-14-6-8-15(18)9-7-14;/h6-9,13,16,19H,3-5,10-12H2,1-2H3,(H,20,22);1H. The molecule has 1 amide bonds. The van der Waals surface area contributed by atoms with Gasteiger partial charge in [0, 0.05) is 19.1 Å². The maximum atomic E-state index is 13.0. The van der Waals surface area contributed by atoms with Gasteiger partial charge in [0.1, 0.15) is 5.82 Å². The van der Waals surface area contributed by atoms with Crippen molar-refractivity contribution in [2.75, 3.05) is 20.1 Å². The molecule has 4 nitrogen and oxygen atoms in total. The van der Waals surface area contributed by atoms with E-state index in [9.17, 15) is 9.18 Å². The van der Waals surface area contributed by atoms with E-state index < -0.39 is 0 Å². The molecule has 130 valence electrons. The number of halogens is 2. The number of likely N-dealkylation sites (N-methyl/N-ethyl adjacent to an activating group) is 1. The third-order valence-electron chi connectivity index (χ3n) is 4.29. The molecular formula is C17H27ClFN3O. The van der Waals surface area contributed by atoms with Gasteiger partial charge in [-0.25, -0.2) is 4.39 Å². The molecule has 1 fully saturated rings. The van der Waals surface area contributed by atoms with E-state index in [0.717, 1.165) is 31.4 Å². The monoisotopic (exact) mass is 343 g/mol. The molecule has 0 aromatic heterocycles. The highest BCUT2D eigenvalue weighted by Gasteiger charge is 2.28. The second kappa shape index (κ2) is 9.85. The van der Waals surface area contributed by atoms with Gasteiger partial charge in [0.15, 0.2) is 0 Å². The minimum absolute atomic E-state index is 0. The molecule has 2 N–H and O–H groups in total. The number of nitrogens with zero attached hydrogens (tertiary/aromatic N) is 1. The smallest absolute Gasteiger partial charge is 0.237 e. The fourth-order valence-corrected chi connectivity index (χ4v) is 2.78. The molecular weight excluding hydrogens is 317 g/mol. The summed E-state index contributed by atoms with van der Waals surface area (Å²) < 4.78 is 13.0. The summed E-state index contributed by atoms with van der Waals surface area (Å²) in [5, 5.41) is 6.14. The molecule has 2 atom stereocenters. The summed E-state index contributed by atoms with van der Waals surface area (Å²) in [7, 11) is 1.89. The number of nitrogens with one attached hydrogen (secondary N) is 2. The van der Waals surface area contributed by atoms with E-state index in [1.54, 1.807) is 12.1 Å². The largest absolute Gasteiger partial charge is 0.353 e. The summed E-state index contributed by atoms with van der Waals surface area (Å²) in [4.78, 5) is 14.6. The van der Waals surface area contributed by atoms with E-state index in [0.29, 0.717) is 13.1 Å². The van der Waals surface area contributed by atoms with E-state index in [1.807, 2.05) is 14.0 Å². The van der Waals surface area contributed by atoms with Crippen molar-refractivity contribution in [3.05, 3.63) is 35.6 Å². The average molecular weight is 344 g/mol. The lowest BCUT2D eigenvalue weighted by atomic mass is 10.00. The first-order valence-electron chi connectivity index (χ1n) is 8.03. The summed E-state index contributed by atoms with van der Waals surface area (Å²) in [5.41, 5.74) is 1.05. The molecule has 23 heavy (non-hydrogen) atoms. The highest BCUT2D eigenvalue weighted by atomic mass is 35.5. The van der Waals surface area contributed by atoms with E-state index in [1.165, 1.54) is 12.1 Å². The molecule has 1 heterocycles. The van der Waals surface area contributed by atoms with Crippen molar-refractivity contribution in [2.45, 2.75) is 44.8 Å². The third-order valence-corrected chi connectivity index (χ3v) is 4.29. The summed E-state index contributed by atoms with van der Waals surface area (Å²) >= 11 is 0. The van der Waals surface area contributed by atoms with Gasteiger partial charge in [0.05, 0.1) is 6.04 Å². The molecule has 2 rings (SSSR count). The number of carbonyl (C=O) groups excluding carboxylic acids is 1. The molecule has 1 aliphatic rings. The van der Waals surface area contributed by atoms with Gasteiger partial charge in [-0.2, -0.15) is 0 Å². The van der Waals surface area contributed by atoms with E-state index in [2.05, 4.69) is 15.5 Å². The molecule has 0 bridgehead atoms. The third kappa shape index (κ3) is 6.09. The van der Waals surface area contributed by atoms with Crippen molar-refractivity contribution in [3.8, 4) is 0 Å². The van der Waals surface area contributed by atoms with Crippen molar-refractivity contribution < 1.29 is 9.18 Å². The Morgan fingerprint density at radius 3 is 2.70 bits per heavy atom. The summed E-state index contributed by atoms with van der Waals surface area (Å²) in [6, 6.07) is 6.72. The fraction of sp³-hybridized carbons (Fsp3) is 0.588. The molecule has 1 aromatic carbocycles. The molecule has 1 saturated heterocycles. The highest BCUT2D eigenvalue weighted by Crippen LogP contribution is 2.20. The summed E-state index contributed by atoms with van der Waals surface area (Å²) in [6.07, 6.45) is 3.08. The van der Waals surface area contributed by atoms with Gasteiger partial charge in [-0.1, -0.05) is 18.6 Å². The van der Waals surface area contributed by atoms with E-state index >= 15 is 0 Å². The van der Waals surface area contributed by atoms with Crippen LogP contribution in [-0.4, -0.2) is 43.0 Å². The SMILES string of the molecule is CNC(C)CNC(=O)C1CCCCN1Cc1ccc(F)cc1.Cl. The van der Waals surface area contributed by atoms with Crippen LogP contribution < -0.4 is 10.6 Å². The summed E-state index contributed by atoms with van der Waals surface area (Å²) in [5.74, 6) is -0.123. The number of amides is 1. The zero-order chi connectivity index (χ0) is 15.9. The Labute approximate surface area is 144 Å². The Bertz CT molecular complexity index is 483. The average Bonchev–Trinajstić information content (AvgIpc) is 2.55. The Kier molecular flexibility index (Phi) is 8.52. The lowest BCUT2D eigenvalue weighted by Crippen LogP contribution is -2.50. The van der Waals surface area contributed by atoms with Gasteiger partial charge in [-0.3, -0.25) is 9.69 Å². The van der Waals surface area contributed by atoms with Crippen molar-refractivity contribution in [2.24, 2.45) is 0 Å². The molecule has 0 saturated carbocycles. The topological polar surface area (TPSA) is 44.4 Å². The van der Waals surface area contributed by atoms with Crippen molar-refractivity contribution in [1.82, 2.24) is 15.5 Å². The number of rotatable bonds is 6. The maximum Gasteiger partial charge on any atom is 0.237 e. The molecule has 2 unspecified atom stereocenters. The Morgan fingerprint density at radius 1 is 1.35 bits per heavy atom. The number of piperidine rings is 1. The Balaban J connectivity index is 0.00000264. The quantitative estimate of drug-likeness (QED) is 0.833. The lowest BCUT2D eigenvalue weighted by Gasteiger charge is -2.35. The van der Waals surface area contributed by atoms with Crippen LogP contribution in [0.15, 0.2) is 24.3 Å². The van der Waals surface area contributed by atoms with E-state index in [4.69, 9.17) is 0 Å². The van der Waals surface area contributed by atoms with E-state index in [-0.39, 0.29) is 36.2 Å². The predicted molar refractivity (Wildman–Crippen MR) is 93.2 cm³/mol. The lowest BCUT2D eigenvalue weighted by molar-refractivity contribution is -0.128. The van der Waals surface area contributed by atoms with Crippen LogP contribution in [0, 0.1) is 5.82 Å². The molecule has 0 spiro atoms. The minimum atomic E-state index is -0.224. The van der Waals surface area contributed by atoms with Gasteiger partial charge >= 0.3 is 0 Å². The van der Waals surface area contributed by atoms with Crippen LogP contribution >= 0.6 is 12.4 Å². The van der Waals surface area contributed by atoms with Crippen molar-refractivity contribution in [3.63, 3.8) is 0 Å². The normalized spacial score (nSPS) is 19.7. The van der Waals surface area contributed by atoms with Gasteiger partial charge < -0.3 is 10.6 Å². The molecule has 0 radical (unpaired) electrons. The number of benzene rings is 1. The maximum absolute atomic E-state index is 13.0. The Morgan fingerprint density at radius 2 is 2.04 bits per heavy atom. The summed E-state index contributed by atoms with van der Waals surface area (Å²) in [6.45, 7) is 4.28. The van der Waals surface area contributed by atoms with Crippen LogP contribution in [0.2, 0.25) is 0 Å². The van der Waals surface area contributed by atoms with Crippen molar-refractivity contribution >= 4 is 18.3 Å². The predicted octanol–water partition coefficient (Wildman–Crippen LogP) is 2.33. The Hall–Kier alpha value is -1.17. The first-order chi connectivity index (χ1) is 10.6. The van der Waals surface area contributed by atoms with Gasteiger partial charge in [-0.05, 0) is 51.1 Å². The van der Waals surface area contributed by atoms with Gasteiger partial charge in [0.2, 0.25) is 5.91 Å². The first kappa shape index (κ1) is 19.9. The van der Waals surface area contributed by atoms with Crippen LogP contribution in [0.4, 0.5) is 4.39 Å². The number of hydrogen-bond acceptors (Lipinski definition) is 3. The van der Waals surface area contributed by atoms with Gasteiger partial charge in [-0.15, -0.1) is 12.4 Å². The molecule has 0 aliphatic carbocycles.